The third kappa shape index (κ3) is 3.87. The van der Waals surface area contributed by atoms with Crippen LogP contribution < -0.4 is 4.90 Å². The lowest BCUT2D eigenvalue weighted by molar-refractivity contribution is -0.139. The molecule has 1 fully saturated rings. The highest BCUT2D eigenvalue weighted by atomic mass is 32.2. The van der Waals surface area contributed by atoms with Crippen LogP contribution in [0.25, 0.3) is 5.82 Å². The summed E-state index contributed by atoms with van der Waals surface area (Å²) in [5.41, 5.74) is -1.16. The molecule has 0 aliphatic carbocycles. The summed E-state index contributed by atoms with van der Waals surface area (Å²) in [6.07, 6.45) is 0.183. The number of sulfonamides is 1. The Morgan fingerprint density at radius 2 is 1.57 bits per heavy atom. The van der Waals surface area contributed by atoms with Crippen molar-refractivity contribution in [1.82, 2.24) is 24.1 Å². The number of hydrogen-bond donors (Lipinski definition) is 0. The summed E-state index contributed by atoms with van der Waals surface area (Å²) in [5, 5.41) is 8.29. The Labute approximate surface area is 170 Å². The highest BCUT2D eigenvalue weighted by molar-refractivity contribution is 7.89. The van der Waals surface area contributed by atoms with Crippen molar-refractivity contribution in [2.24, 2.45) is 0 Å². The second-order valence-electron chi connectivity index (χ2n) is 6.60. The molecule has 158 valence electrons. The fraction of sp³-hybridized carbons (Fsp3) is 0.278. The smallest absolute Gasteiger partial charge is 0.352 e. The normalized spacial score (nSPS) is 16.0. The first-order valence-electron chi connectivity index (χ1n) is 9.00. The molecule has 1 aromatic carbocycles. The molecule has 2 aromatic heterocycles. The van der Waals surface area contributed by atoms with E-state index in [0.29, 0.717) is 11.6 Å². The number of rotatable bonds is 4. The second-order valence-corrected chi connectivity index (χ2v) is 8.51. The summed E-state index contributed by atoms with van der Waals surface area (Å²) in [7, 11) is -4.28. The predicted octanol–water partition coefficient (Wildman–Crippen LogP) is 2.19. The zero-order chi connectivity index (χ0) is 21.4. The number of nitrogens with zero attached hydrogens (tertiary/aromatic N) is 6. The van der Waals surface area contributed by atoms with Gasteiger partial charge in [0.1, 0.15) is 6.33 Å². The lowest BCUT2D eigenvalue weighted by atomic mass is 10.2. The van der Waals surface area contributed by atoms with Crippen LogP contribution in [0.2, 0.25) is 0 Å². The van der Waals surface area contributed by atoms with Gasteiger partial charge in [0.25, 0.3) is 0 Å². The van der Waals surface area contributed by atoms with Gasteiger partial charge in [-0.25, -0.2) is 13.4 Å². The molecule has 0 radical (unpaired) electrons. The average Bonchev–Trinajstić information content (AvgIpc) is 3.28. The summed E-state index contributed by atoms with van der Waals surface area (Å²) < 4.78 is 68.2. The molecule has 1 aliphatic heterocycles. The average molecular weight is 438 g/mol. The van der Waals surface area contributed by atoms with Gasteiger partial charge in [-0.3, -0.25) is 4.57 Å². The maximum atomic E-state index is 13.3. The van der Waals surface area contributed by atoms with Crippen LogP contribution in [-0.2, 0) is 16.2 Å². The molecule has 3 heterocycles. The van der Waals surface area contributed by atoms with Crippen LogP contribution in [0.4, 0.5) is 19.0 Å². The molecule has 0 amide bonds. The Morgan fingerprint density at radius 3 is 2.17 bits per heavy atom. The molecule has 3 aromatic rings. The third-order valence-electron chi connectivity index (χ3n) is 4.78. The van der Waals surface area contributed by atoms with Crippen LogP contribution in [0.1, 0.15) is 5.56 Å². The molecular weight excluding hydrogens is 421 g/mol. The van der Waals surface area contributed by atoms with Gasteiger partial charge in [-0.1, -0.05) is 12.1 Å². The van der Waals surface area contributed by atoms with Gasteiger partial charge in [0, 0.05) is 38.6 Å². The molecule has 0 unspecified atom stereocenters. The minimum absolute atomic E-state index is 0.0411. The van der Waals surface area contributed by atoms with E-state index in [0.717, 1.165) is 16.4 Å². The highest BCUT2D eigenvalue weighted by Crippen LogP contribution is 2.35. The van der Waals surface area contributed by atoms with E-state index < -0.39 is 26.7 Å². The molecule has 8 nitrogen and oxygen atoms in total. The van der Waals surface area contributed by atoms with Gasteiger partial charge in [-0.05, 0) is 24.3 Å². The zero-order valence-corrected chi connectivity index (χ0v) is 16.4. The van der Waals surface area contributed by atoms with Gasteiger partial charge in [0.2, 0.25) is 10.0 Å². The molecule has 1 saturated heterocycles. The molecule has 1 aliphatic rings. The van der Waals surface area contributed by atoms with E-state index >= 15 is 0 Å². The van der Waals surface area contributed by atoms with E-state index in [9.17, 15) is 21.6 Å². The summed E-state index contributed by atoms with van der Waals surface area (Å²) in [6.45, 7) is 0.651. The lowest BCUT2D eigenvalue weighted by Crippen LogP contribution is -2.49. The first-order valence-corrected chi connectivity index (χ1v) is 10.4. The molecule has 0 N–H and O–H groups in total. The van der Waals surface area contributed by atoms with Crippen molar-refractivity contribution in [3.05, 3.63) is 60.7 Å². The number of imidazole rings is 1. The van der Waals surface area contributed by atoms with Gasteiger partial charge in [-0.2, -0.15) is 17.5 Å². The monoisotopic (exact) mass is 438 g/mol. The number of halogens is 3. The zero-order valence-electron chi connectivity index (χ0n) is 15.6. The van der Waals surface area contributed by atoms with Crippen molar-refractivity contribution in [3.8, 4) is 5.82 Å². The quantitative estimate of drug-likeness (QED) is 0.621. The topological polar surface area (TPSA) is 84.2 Å². The fourth-order valence-electron chi connectivity index (χ4n) is 3.24. The fourth-order valence-corrected chi connectivity index (χ4v) is 4.88. The summed E-state index contributed by atoms with van der Waals surface area (Å²) in [4.78, 5) is 5.05. The maximum Gasteiger partial charge on any atom is 0.417 e. The first kappa shape index (κ1) is 20.3. The van der Waals surface area contributed by atoms with Gasteiger partial charge in [-0.15, -0.1) is 10.2 Å². The van der Waals surface area contributed by atoms with Gasteiger partial charge in [0.15, 0.2) is 11.6 Å². The van der Waals surface area contributed by atoms with E-state index in [1.165, 1.54) is 12.1 Å². The standard InChI is InChI=1S/C18H17F3N6O2S/c19-18(20,21)14-3-1-2-4-15(14)30(28,29)27-11-9-25(10-12-27)16-5-6-17(24-23-16)26-8-7-22-13-26/h1-8,13H,9-12H2. The largest absolute Gasteiger partial charge is 0.417 e. The molecule has 0 bridgehead atoms. The molecule has 0 spiro atoms. The van der Waals surface area contributed by atoms with Crippen molar-refractivity contribution in [2.75, 3.05) is 31.1 Å². The Bertz CT molecular complexity index is 1110. The summed E-state index contributed by atoms with van der Waals surface area (Å²) in [5.74, 6) is 1.15. The molecule has 12 heteroatoms. The minimum atomic E-state index is -4.75. The van der Waals surface area contributed by atoms with Crippen LogP contribution in [-0.4, -0.2) is 58.7 Å². The number of hydrogen-bond acceptors (Lipinski definition) is 6. The number of piperazine rings is 1. The van der Waals surface area contributed by atoms with E-state index in [2.05, 4.69) is 15.2 Å². The summed E-state index contributed by atoms with van der Waals surface area (Å²) >= 11 is 0. The van der Waals surface area contributed by atoms with Crippen molar-refractivity contribution in [1.29, 1.82) is 0 Å². The first-order chi connectivity index (χ1) is 14.3. The van der Waals surface area contributed by atoms with Gasteiger partial charge < -0.3 is 4.90 Å². The Hall–Kier alpha value is -2.99. The van der Waals surface area contributed by atoms with Crippen LogP contribution in [0.5, 0.6) is 0 Å². The highest BCUT2D eigenvalue weighted by Gasteiger charge is 2.39. The number of benzene rings is 1. The molecule has 0 atom stereocenters. The molecule has 30 heavy (non-hydrogen) atoms. The maximum absolute atomic E-state index is 13.3. The van der Waals surface area contributed by atoms with E-state index in [4.69, 9.17) is 0 Å². The summed E-state index contributed by atoms with van der Waals surface area (Å²) in [6, 6.07) is 7.74. The van der Waals surface area contributed by atoms with Crippen molar-refractivity contribution >= 4 is 15.8 Å². The van der Waals surface area contributed by atoms with Gasteiger partial charge >= 0.3 is 6.18 Å². The third-order valence-corrected chi connectivity index (χ3v) is 6.74. The van der Waals surface area contributed by atoms with Crippen molar-refractivity contribution in [2.45, 2.75) is 11.1 Å². The number of anilines is 1. The SMILES string of the molecule is O=S(=O)(c1ccccc1C(F)(F)F)N1CCN(c2ccc(-n3ccnc3)nn2)CC1. The van der Waals surface area contributed by atoms with E-state index in [1.807, 2.05) is 4.90 Å². The van der Waals surface area contributed by atoms with Crippen LogP contribution in [0.3, 0.4) is 0 Å². The molecule has 4 rings (SSSR count). The van der Waals surface area contributed by atoms with Crippen molar-refractivity contribution in [3.63, 3.8) is 0 Å². The van der Waals surface area contributed by atoms with E-state index in [-0.39, 0.29) is 26.2 Å². The van der Waals surface area contributed by atoms with Crippen LogP contribution in [0.15, 0.2) is 60.0 Å². The van der Waals surface area contributed by atoms with Crippen molar-refractivity contribution < 1.29 is 21.6 Å². The molecule has 0 saturated carbocycles. The Balaban J connectivity index is 1.48. The predicted molar refractivity (Wildman–Crippen MR) is 102 cm³/mol. The van der Waals surface area contributed by atoms with Gasteiger partial charge in [0.05, 0.1) is 10.5 Å². The second kappa shape index (κ2) is 7.69. The Morgan fingerprint density at radius 1 is 0.900 bits per heavy atom. The Kier molecular flexibility index (Phi) is 5.20. The van der Waals surface area contributed by atoms with E-state index in [1.54, 1.807) is 35.4 Å². The van der Waals surface area contributed by atoms with Crippen LogP contribution in [0, 0.1) is 0 Å². The molecular formula is C18H17F3N6O2S. The number of alkyl halides is 3. The minimum Gasteiger partial charge on any atom is -0.352 e. The lowest BCUT2D eigenvalue weighted by Gasteiger charge is -2.34. The number of aromatic nitrogens is 4. The van der Waals surface area contributed by atoms with Crippen LogP contribution >= 0.6 is 0 Å².